The van der Waals surface area contributed by atoms with Crippen molar-refractivity contribution in [1.29, 1.82) is 0 Å². The van der Waals surface area contributed by atoms with Crippen molar-refractivity contribution in [3.8, 4) is 33.8 Å². The summed E-state index contributed by atoms with van der Waals surface area (Å²) in [4.78, 5) is 56.1. The Labute approximate surface area is 476 Å². The number of sulfonamides is 2. The van der Waals surface area contributed by atoms with Crippen LogP contribution in [0.4, 0.5) is 17.1 Å². The van der Waals surface area contributed by atoms with Crippen LogP contribution in [0.25, 0.3) is 50.7 Å². The van der Waals surface area contributed by atoms with Crippen LogP contribution >= 0.6 is 34.0 Å². The van der Waals surface area contributed by atoms with E-state index in [-0.39, 0.29) is 56.9 Å². The van der Waals surface area contributed by atoms with E-state index in [1.807, 2.05) is 17.7 Å². The van der Waals surface area contributed by atoms with E-state index in [1.54, 1.807) is 139 Å². The highest BCUT2D eigenvalue weighted by Crippen LogP contribution is 2.41. The summed E-state index contributed by atoms with van der Waals surface area (Å²) in [6.45, 7) is 2.82. The zero-order valence-corrected chi connectivity index (χ0v) is 47.0. The van der Waals surface area contributed by atoms with E-state index in [0.717, 1.165) is 4.31 Å². The lowest BCUT2D eigenvalue weighted by molar-refractivity contribution is 0.103. The van der Waals surface area contributed by atoms with Crippen molar-refractivity contribution in [3.63, 3.8) is 0 Å². The van der Waals surface area contributed by atoms with E-state index in [2.05, 4.69) is 36.3 Å². The largest absolute Gasteiger partial charge is 0.287 e. The quantitative estimate of drug-likeness (QED) is 0.0650. The third-order valence-electron chi connectivity index (χ3n) is 13.6. The highest BCUT2D eigenvalue weighted by Gasteiger charge is 2.37. The molecular formula is C58H44N11O7S5. The van der Waals surface area contributed by atoms with Gasteiger partial charge in [0, 0.05) is 35.3 Å². The molecule has 12 aromatic rings. The molecule has 12 rings (SSSR count). The minimum absolute atomic E-state index is 0.148. The van der Waals surface area contributed by atoms with Crippen LogP contribution < -0.4 is 8.61 Å². The Hall–Kier alpha value is -8.87. The van der Waals surface area contributed by atoms with Gasteiger partial charge in [-0.15, -0.1) is 34.0 Å². The topological polar surface area (TPSA) is 217 Å². The molecule has 0 spiro atoms. The van der Waals surface area contributed by atoms with Crippen molar-refractivity contribution in [2.75, 3.05) is 20.9 Å². The first-order valence-electron chi connectivity index (χ1n) is 25.3. The number of carbonyl (C=O) groups excluding carboxylic acids is 3. The van der Waals surface area contributed by atoms with E-state index >= 15 is 8.42 Å². The van der Waals surface area contributed by atoms with Gasteiger partial charge in [-0.3, -0.25) is 18.7 Å². The third kappa shape index (κ3) is 9.71. The summed E-state index contributed by atoms with van der Waals surface area (Å²) in [5.74, 6) is -1.03. The molecule has 1 atom stereocenters. The smallest absolute Gasteiger partial charge is 0.243 e. The van der Waals surface area contributed by atoms with Crippen molar-refractivity contribution >= 4 is 105 Å². The molecule has 0 N–H and O–H groups in total. The minimum Gasteiger partial charge on any atom is -0.287 e. The molecule has 1 radical (unpaired) electrons. The van der Waals surface area contributed by atoms with Crippen molar-refractivity contribution in [1.82, 2.24) is 43.8 Å². The second kappa shape index (κ2) is 21.6. The molecule has 9 aromatic heterocycles. The minimum atomic E-state index is -4.72. The molecule has 18 nitrogen and oxygen atoms in total. The maximum atomic E-state index is 16.1. The van der Waals surface area contributed by atoms with Gasteiger partial charge >= 0.3 is 0 Å². The van der Waals surface area contributed by atoms with Gasteiger partial charge in [0.25, 0.3) is 0 Å². The monoisotopic (exact) mass is 1170 g/mol. The number of fused-ring (bicyclic) bond motifs is 3. The first kappa shape index (κ1) is 52.8. The number of rotatable bonds is 20. The zero-order chi connectivity index (χ0) is 56.0. The maximum Gasteiger partial charge on any atom is 0.243 e. The molecule has 9 heterocycles. The van der Waals surface area contributed by atoms with Gasteiger partial charge in [-0.05, 0) is 108 Å². The number of anilines is 3. The van der Waals surface area contributed by atoms with Crippen molar-refractivity contribution in [2.24, 2.45) is 0 Å². The summed E-state index contributed by atoms with van der Waals surface area (Å²) in [5, 5.41) is 17.7. The van der Waals surface area contributed by atoms with Gasteiger partial charge < -0.3 is 0 Å². The van der Waals surface area contributed by atoms with Crippen molar-refractivity contribution < 1.29 is 31.2 Å². The van der Waals surface area contributed by atoms with Crippen LogP contribution in [0.3, 0.4) is 0 Å². The van der Waals surface area contributed by atoms with Gasteiger partial charge in [0.05, 0.1) is 102 Å². The first-order valence-corrected chi connectivity index (χ1v) is 31.1. The molecule has 0 amide bonds. The van der Waals surface area contributed by atoms with Crippen LogP contribution in [0.15, 0.2) is 175 Å². The molecule has 0 aliphatic carbocycles. The van der Waals surface area contributed by atoms with Gasteiger partial charge in [-0.1, -0.05) is 61.9 Å². The zero-order valence-electron chi connectivity index (χ0n) is 43.0. The highest BCUT2D eigenvalue weighted by molar-refractivity contribution is 7.94. The normalized spacial score (nSPS) is 12.3. The van der Waals surface area contributed by atoms with E-state index in [4.69, 9.17) is 0 Å². The molecule has 0 fully saturated rings. The Morgan fingerprint density at radius 1 is 0.593 bits per heavy atom. The molecule has 0 aliphatic heterocycles. The van der Waals surface area contributed by atoms with Gasteiger partial charge in [0.15, 0.2) is 16.9 Å². The summed E-state index contributed by atoms with van der Waals surface area (Å²) < 4.78 is 68.8. The van der Waals surface area contributed by atoms with Crippen LogP contribution in [0.2, 0.25) is 0 Å². The molecule has 81 heavy (non-hydrogen) atoms. The van der Waals surface area contributed by atoms with Gasteiger partial charge in [0.2, 0.25) is 37.4 Å². The Morgan fingerprint density at radius 3 is 1.54 bits per heavy atom. The summed E-state index contributed by atoms with van der Waals surface area (Å²) >= 11 is 3.89. The predicted molar refractivity (Wildman–Crippen MR) is 314 cm³/mol. The van der Waals surface area contributed by atoms with Crippen molar-refractivity contribution in [2.45, 2.75) is 31.9 Å². The standard InChI is InChI=1S/C58H44N11O7S5/c1-3-4-30-80(73,74)65(40-14-7-12-38(31-40)46-21-24-59-56-43(33-62-66(46)56)53(70)50-18-9-27-77-50)36-37(2)81(75,76)69(41-15-8-13-39(32-41)47-22-25-60-57-44(34-63-67(47)57)54(71)51-19-10-28-78-51)49-17-6-5-16-42(49)48-23-26-61-58-45(35-64-68(48)58)55(72)52-20-11-29-79-52/h6-29,31-35,37H,3-4,30,36H2,1-2H3. The van der Waals surface area contributed by atoms with E-state index < -0.39 is 31.8 Å². The average Bonchev–Trinajstić information content (AvgIpc) is 4.41. The molecule has 0 saturated carbocycles. The van der Waals surface area contributed by atoms with Crippen LogP contribution in [0.5, 0.6) is 0 Å². The second-order valence-corrected chi connectivity index (χ2v) is 25.7. The number of hydrogen-bond acceptors (Lipinski definition) is 16. The van der Waals surface area contributed by atoms with Crippen molar-refractivity contribution in [3.05, 3.63) is 212 Å². The summed E-state index contributed by atoms with van der Waals surface area (Å²) in [5.41, 5.74) is 4.95. The fourth-order valence-electron chi connectivity index (χ4n) is 9.58. The third-order valence-corrected chi connectivity index (χ3v) is 20.1. The molecule has 0 bridgehead atoms. The maximum absolute atomic E-state index is 16.1. The molecule has 1 unspecified atom stereocenters. The number of nitrogens with zero attached hydrogens (tertiary/aromatic N) is 11. The Bertz CT molecular complexity index is 4590. The lowest BCUT2D eigenvalue weighted by atomic mass is 10.1. The van der Waals surface area contributed by atoms with Crippen LogP contribution in [0, 0.1) is 6.07 Å². The van der Waals surface area contributed by atoms with E-state index in [0.29, 0.717) is 78.1 Å². The predicted octanol–water partition coefficient (Wildman–Crippen LogP) is 11.0. The molecule has 403 valence electrons. The Balaban J connectivity index is 0.979. The molecule has 0 saturated heterocycles. The van der Waals surface area contributed by atoms with E-state index in [1.165, 1.54) is 83.6 Å². The number of unbranched alkanes of at least 4 members (excludes halogenated alkanes) is 1. The number of benzene rings is 3. The molecule has 3 aromatic carbocycles. The molecular weight excluding hydrogens is 1120 g/mol. The van der Waals surface area contributed by atoms with Crippen LogP contribution in [-0.4, -0.2) is 95.5 Å². The Morgan fingerprint density at radius 2 is 1.06 bits per heavy atom. The molecule has 23 heteroatoms. The Kier molecular flexibility index (Phi) is 14.1. The van der Waals surface area contributed by atoms with Crippen LogP contribution in [-0.2, 0) is 20.0 Å². The number of hydrogen-bond donors (Lipinski definition) is 0. The fraction of sp³-hybridized carbons (Fsp3) is 0.121. The number of carbonyl (C=O) groups is 3. The lowest BCUT2D eigenvalue weighted by Gasteiger charge is -2.33. The SMILES string of the molecule is CCCCS(=O)(=O)N(CC(C)S(=O)(=O)N(c1cccc(-c2ccnc3c(C(=O)c4cccs4)cnn23)c1)c1cc[c]cc1-c1ccnc2c(C(=O)c3cccs3)cnn12)c1cccc(-c2ccnc3c(C(=O)c4cccs4)cnn23)c1. The fourth-order valence-corrected chi connectivity index (χ4v) is 15.0. The molecule has 0 aliphatic rings. The number of thiophene rings is 3. The second-order valence-electron chi connectivity index (χ2n) is 18.7. The van der Waals surface area contributed by atoms with Gasteiger partial charge in [0.1, 0.15) is 0 Å². The number of ketones is 3. The van der Waals surface area contributed by atoms with Gasteiger partial charge in [-0.25, -0.2) is 49.6 Å². The first-order chi connectivity index (χ1) is 39.3. The lowest BCUT2D eigenvalue weighted by Crippen LogP contribution is -2.44. The average molecular weight is 1170 g/mol. The highest BCUT2D eigenvalue weighted by atomic mass is 32.2. The summed E-state index contributed by atoms with van der Waals surface area (Å²) in [6, 6.07) is 37.1. The number of aromatic nitrogens is 9. The van der Waals surface area contributed by atoms with Crippen LogP contribution in [0.1, 0.15) is 72.4 Å². The van der Waals surface area contributed by atoms with Gasteiger partial charge in [-0.2, -0.15) is 15.3 Å². The summed E-state index contributed by atoms with van der Waals surface area (Å²) in [6.07, 6.45) is 9.84. The summed E-state index contributed by atoms with van der Waals surface area (Å²) in [7, 11) is -8.94. The van der Waals surface area contributed by atoms with E-state index in [9.17, 15) is 22.8 Å².